The van der Waals surface area contributed by atoms with E-state index in [0.29, 0.717) is 0 Å². The predicted molar refractivity (Wildman–Crippen MR) is 57.7 cm³/mol. The topological polar surface area (TPSA) is 17.1 Å². The van der Waals surface area contributed by atoms with Crippen molar-refractivity contribution in [3.05, 3.63) is 12.2 Å². The van der Waals surface area contributed by atoms with Gasteiger partial charge in [0.2, 0.25) is 0 Å². The van der Waals surface area contributed by atoms with E-state index < -0.39 is 0 Å². The Morgan fingerprint density at radius 2 is 1.77 bits per heavy atom. The summed E-state index contributed by atoms with van der Waals surface area (Å²) in [7, 11) is 0. The Morgan fingerprint density at radius 3 is 2.31 bits per heavy atom. The van der Waals surface area contributed by atoms with Gasteiger partial charge in [0.25, 0.3) is 0 Å². The van der Waals surface area contributed by atoms with Crippen LogP contribution in [0.2, 0.25) is 0 Å². The number of carbonyl (C=O) groups excluding carboxylic acids is 1. The minimum absolute atomic E-state index is 0.735. The average molecular weight is 182 g/mol. The lowest BCUT2D eigenvalue weighted by atomic mass is 9.98. The highest BCUT2D eigenvalue weighted by Crippen LogP contribution is 2.14. The SMILES string of the molecule is C/C=C/CCCC(C)CCCC=O. The number of allylic oxidation sites excluding steroid dienone is 2. The summed E-state index contributed by atoms with van der Waals surface area (Å²) in [5.41, 5.74) is 0. The van der Waals surface area contributed by atoms with Crippen LogP contribution in [0, 0.1) is 5.92 Å². The molecule has 0 aromatic carbocycles. The van der Waals surface area contributed by atoms with Crippen LogP contribution in [-0.2, 0) is 4.79 Å². The van der Waals surface area contributed by atoms with Crippen molar-refractivity contribution in [2.24, 2.45) is 5.92 Å². The monoisotopic (exact) mass is 182 g/mol. The summed E-state index contributed by atoms with van der Waals surface area (Å²) in [6, 6.07) is 0. The first-order valence-corrected chi connectivity index (χ1v) is 5.36. The first-order chi connectivity index (χ1) is 6.31. The molecule has 76 valence electrons. The van der Waals surface area contributed by atoms with Crippen molar-refractivity contribution in [1.82, 2.24) is 0 Å². The maximum atomic E-state index is 10.1. The van der Waals surface area contributed by atoms with E-state index in [1.54, 1.807) is 0 Å². The van der Waals surface area contributed by atoms with Crippen LogP contribution in [0.25, 0.3) is 0 Å². The third-order valence-corrected chi connectivity index (χ3v) is 2.32. The summed E-state index contributed by atoms with van der Waals surface area (Å²) in [6.45, 7) is 4.34. The number of rotatable bonds is 8. The highest BCUT2D eigenvalue weighted by atomic mass is 16.1. The molecule has 0 fully saturated rings. The number of aldehydes is 1. The molecule has 0 bridgehead atoms. The average Bonchev–Trinajstić information content (AvgIpc) is 2.13. The van der Waals surface area contributed by atoms with E-state index >= 15 is 0 Å². The van der Waals surface area contributed by atoms with Gasteiger partial charge < -0.3 is 4.79 Å². The molecule has 1 unspecified atom stereocenters. The van der Waals surface area contributed by atoms with Crippen LogP contribution < -0.4 is 0 Å². The van der Waals surface area contributed by atoms with Crippen molar-refractivity contribution in [3.8, 4) is 0 Å². The van der Waals surface area contributed by atoms with Crippen LogP contribution in [0.15, 0.2) is 12.2 Å². The van der Waals surface area contributed by atoms with Crippen LogP contribution in [-0.4, -0.2) is 6.29 Å². The lowest BCUT2D eigenvalue weighted by Crippen LogP contribution is -1.94. The molecule has 0 saturated heterocycles. The minimum Gasteiger partial charge on any atom is -0.303 e. The zero-order chi connectivity index (χ0) is 9.94. The molecule has 0 rings (SSSR count). The summed E-state index contributed by atoms with van der Waals surface area (Å²) in [4.78, 5) is 10.1. The van der Waals surface area contributed by atoms with Crippen LogP contribution in [0.5, 0.6) is 0 Å². The Balaban J connectivity index is 3.19. The van der Waals surface area contributed by atoms with Crippen molar-refractivity contribution in [3.63, 3.8) is 0 Å². The van der Waals surface area contributed by atoms with Crippen LogP contribution in [0.4, 0.5) is 0 Å². The first kappa shape index (κ1) is 12.4. The lowest BCUT2D eigenvalue weighted by molar-refractivity contribution is -0.107. The smallest absolute Gasteiger partial charge is 0.119 e. The maximum Gasteiger partial charge on any atom is 0.119 e. The molecule has 0 heterocycles. The first-order valence-electron chi connectivity index (χ1n) is 5.36. The van der Waals surface area contributed by atoms with E-state index in [2.05, 4.69) is 26.0 Å². The Kier molecular flexibility index (Phi) is 9.07. The van der Waals surface area contributed by atoms with E-state index in [1.807, 2.05) is 0 Å². The molecule has 0 N–H and O–H groups in total. The van der Waals surface area contributed by atoms with Crippen molar-refractivity contribution < 1.29 is 4.79 Å². The molecule has 1 atom stereocenters. The van der Waals surface area contributed by atoms with Gasteiger partial charge in [0.15, 0.2) is 0 Å². The van der Waals surface area contributed by atoms with Crippen molar-refractivity contribution in [1.29, 1.82) is 0 Å². The molecule has 1 heteroatoms. The molecule has 0 aliphatic heterocycles. The third-order valence-electron chi connectivity index (χ3n) is 2.32. The highest BCUT2D eigenvalue weighted by molar-refractivity contribution is 5.48. The van der Waals surface area contributed by atoms with E-state index in [0.717, 1.165) is 25.0 Å². The summed E-state index contributed by atoms with van der Waals surface area (Å²) in [5, 5.41) is 0. The number of hydrogen-bond donors (Lipinski definition) is 0. The summed E-state index contributed by atoms with van der Waals surface area (Å²) >= 11 is 0. The molecule has 0 aliphatic carbocycles. The van der Waals surface area contributed by atoms with E-state index in [1.165, 1.54) is 25.7 Å². The summed E-state index contributed by atoms with van der Waals surface area (Å²) in [5.74, 6) is 0.783. The van der Waals surface area contributed by atoms with Gasteiger partial charge in [0.1, 0.15) is 6.29 Å². The van der Waals surface area contributed by atoms with Crippen LogP contribution in [0.1, 0.15) is 52.4 Å². The van der Waals surface area contributed by atoms with E-state index in [4.69, 9.17) is 0 Å². The quantitative estimate of drug-likeness (QED) is 0.317. The molecular formula is C12H22O. The number of hydrogen-bond acceptors (Lipinski definition) is 1. The number of unbranched alkanes of at least 4 members (excludes halogenated alkanes) is 2. The van der Waals surface area contributed by atoms with E-state index in [9.17, 15) is 4.79 Å². The second kappa shape index (κ2) is 9.50. The normalized spacial score (nSPS) is 13.4. The Labute approximate surface area is 82.2 Å². The van der Waals surface area contributed by atoms with Crippen LogP contribution in [0.3, 0.4) is 0 Å². The van der Waals surface area contributed by atoms with Gasteiger partial charge in [-0.2, -0.15) is 0 Å². The van der Waals surface area contributed by atoms with Gasteiger partial charge in [0, 0.05) is 6.42 Å². The molecule has 0 radical (unpaired) electrons. The zero-order valence-corrected chi connectivity index (χ0v) is 8.96. The zero-order valence-electron chi connectivity index (χ0n) is 8.96. The fraction of sp³-hybridized carbons (Fsp3) is 0.750. The third kappa shape index (κ3) is 9.32. The Hall–Kier alpha value is -0.590. The second-order valence-electron chi connectivity index (χ2n) is 3.70. The second-order valence-corrected chi connectivity index (χ2v) is 3.70. The standard InChI is InChI=1S/C12H22O/c1-3-4-5-6-9-12(2)10-7-8-11-13/h3-4,11-12H,5-10H2,1-2H3/b4-3+. The minimum atomic E-state index is 0.735. The van der Waals surface area contributed by atoms with Gasteiger partial charge in [-0.05, 0) is 32.1 Å². The molecule has 13 heavy (non-hydrogen) atoms. The molecule has 0 amide bonds. The van der Waals surface area contributed by atoms with Gasteiger partial charge in [-0.25, -0.2) is 0 Å². The van der Waals surface area contributed by atoms with Crippen LogP contribution >= 0.6 is 0 Å². The Morgan fingerprint density at radius 1 is 1.15 bits per heavy atom. The van der Waals surface area contributed by atoms with Gasteiger partial charge >= 0.3 is 0 Å². The summed E-state index contributed by atoms with van der Waals surface area (Å²) in [6.07, 6.45) is 12.1. The number of carbonyl (C=O) groups is 1. The molecule has 0 spiro atoms. The highest BCUT2D eigenvalue weighted by Gasteiger charge is 2.00. The van der Waals surface area contributed by atoms with Crippen molar-refractivity contribution in [2.45, 2.75) is 52.4 Å². The molecule has 0 aliphatic rings. The fourth-order valence-electron chi connectivity index (χ4n) is 1.44. The fourth-order valence-corrected chi connectivity index (χ4v) is 1.44. The lowest BCUT2D eigenvalue weighted by Gasteiger charge is -2.08. The molecule has 0 aromatic heterocycles. The molecule has 1 nitrogen and oxygen atoms in total. The van der Waals surface area contributed by atoms with Gasteiger partial charge in [-0.15, -0.1) is 0 Å². The van der Waals surface area contributed by atoms with Gasteiger partial charge in [-0.3, -0.25) is 0 Å². The molecule has 0 aromatic rings. The molecular weight excluding hydrogens is 160 g/mol. The van der Waals surface area contributed by atoms with E-state index in [-0.39, 0.29) is 0 Å². The molecule has 0 saturated carbocycles. The summed E-state index contributed by atoms with van der Waals surface area (Å²) < 4.78 is 0. The van der Waals surface area contributed by atoms with Gasteiger partial charge in [0.05, 0.1) is 0 Å². The van der Waals surface area contributed by atoms with Crippen molar-refractivity contribution in [2.75, 3.05) is 0 Å². The largest absolute Gasteiger partial charge is 0.303 e. The predicted octanol–water partition coefficient (Wildman–Crippen LogP) is 3.74. The van der Waals surface area contributed by atoms with Crippen molar-refractivity contribution >= 4 is 6.29 Å². The Bertz CT molecular complexity index is 138. The van der Waals surface area contributed by atoms with Gasteiger partial charge in [-0.1, -0.05) is 31.9 Å². The maximum absolute atomic E-state index is 10.1.